The molecule has 0 saturated heterocycles. The summed E-state index contributed by atoms with van der Waals surface area (Å²) in [4.78, 5) is 0. The molecule has 0 fully saturated rings. The maximum absolute atomic E-state index is 13.2. The number of rotatable bonds is 1. The Morgan fingerprint density at radius 2 is 2.17 bits per heavy atom. The molecule has 0 bridgehead atoms. The fourth-order valence-corrected chi connectivity index (χ4v) is 2.78. The highest BCUT2D eigenvalue weighted by atomic mass is 35.5. The van der Waals surface area contributed by atoms with Gasteiger partial charge in [0.25, 0.3) is 0 Å². The molecule has 0 spiro atoms. The van der Waals surface area contributed by atoms with Gasteiger partial charge in [-0.15, -0.1) is 0 Å². The van der Waals surface area contributed by atoms with E-state index in [4.69, 9.17) is 17.3 Å². The average molecular weight is 265 g/mol. The minimum Gasteiger partial charge on any atom is -0.324 e. The Morgan fingerprint density at radius 3 is 2.94 bits per heavy atom. The largest absolute Gasteiger partial charge is 0.324 e. The predicted molar refractivity (Wildman–Crippen MR) is 70.6 cm³/mol. The fraction of sp³-hybridized carbons (Fsp3) is 0.286. The van der Waals surface area contributed by atoms with E-state index in [0.29, 0.717) is 0 Å². The standard InChI is InChI=1S/C14H14ClFN2/c15-11-8-9(4-5-12(11)16)18-7-6-10-13(17)2-1-3-14(10)18/h4-8,13H,1-3,17H2. The second-order valence-corrected chi connectivity index (χ2v) is 5.09. The number of nitrogens with two attached hydrogens (primary N) is 1. The smallest absolute Gasteiger partial charge is 0.141 e. The molecule has 1 heterocycles. The van der Waals surface area contributed by atoms with E-state index in [0.717, 1.165) is 24.9 Å². The van der Waals surface area contributed by atoms with Crippen molar-refractivity contribution in [3.63, 3.8) is 0 Å². The van der Waals surface area contributed by atoms with Crippen molar-refractivity contribution in [1.82, 2.24) is 4.57 Å². The van der Waals surface area contributed by atoms with Crippen LogP contribution in [0.1, 0.15) is 30.1 Å². The zero-order valence-electron chi connectivity index (χ0n) is 9.87. The van der Waals surface area contributed by atoms with Crippen LogP contribution in [0, 0.1) is 5.82 Å². The van der Waals surface area contributed by atoms with E-state index in [1.807, 2.05) is 6.20 Å². The van der Waals surface area contributed by atoms with E-state index < -0.39 is 5.82 Å². The summed E-state index contributed by atoms with van der Waals surface area (Å²) < 4.78 is 15.2. The Balaban J connectivity index is 2.09. The first-order valence-electron chi connectivity index (χ1n) is 6.08. The SMILES string of the molecule is NC1CCCc2c1ccn2-c1ccc(F)c(Cl)c1. The topological polar surface area (TPSA) is 30.9 Å². The van der Waals surface area contributed by atoms with Crippen LogP contribution in [0.5, 0.6) is 0 Å². The molecule has 3 rings (SSSR count). The third-order valence-electron chi connectivity index (χ3n) is 3.54. The van der Waals surface area contributed by atoms with E-state index >= 15 is 0 Å². The van der Waals surface area contributed by atoms with Crippen molar-refractivity contribution >= 4 is 11.6 Å². The molecule has 1 aliphatic carbocycles. The van der Waals surface area contributed by atoms with Crippen LogP contribution in [0.4, 0.5) is 4.39 Å². The highest BCUT2D eigenvalue weighted by molar-refractivity contribution is 6.30. The van der Waals surface area contributed by atoms with E-state index in [-0.39, 0.29) is 11.1 Å². The van der Waals surface area contributed by atoms with Gasteiger partial charge in [-0.2, -0.15) is 0 Å². The van der Waals surface area contributed by atoms with E-state index in [1.165, 1.54) is 17.3 Å². The number of aromatic nitrogens is 1. The quantitative estimate of drug-likeness (QED) is 0.838. The van der Waals surface area contributed by atoms with Gasteiger partial charge >= 0.3 is 0 Å². The molecule has 1 atom stereocenters. The van der Waals surface area contributed by atoms with Gasteiger partial charge in [0.15, 0.2) is 0 Å². The number of fused-ring (bicyclic) bond motifs is 1. The maximum atomic E-state index is 13.2. The zero-order valence-corrected chi connectivity index (χ0v) is 10.6. The van der Waals surface area contributed by atoms with Gasteiger partial charge in [0, 0.05) is 23.6 Å². The lowest BCUT2D eigenvalue weighted by atomic mass is 9.93. The van der Waals surface area contributed by atoms with E-state index in [2.05, 4.69) is 10.6 Å². The molecule has 0 aliphatic heterocycles. The zero-order chi connectivity index (χ0) is 12.7. The van der Waals surface area contributed by atoms with Gasteiger partial charge in [-0.25, -0.2) is 4.39 Å². The summed E-state index contributed by atoms with van der Waals surface area (Å²) in [6, 6.07) is 6.95. The van der Waals surface area contributed by atoms with E-state index in [9.17, 15) is 4.39 Å². The molecular weight excluding hydrogens is 251 g/mol. The Kier molecular flexibility index (Phi) is 2.88. The molecule has 1 aliphatic rings. The number of halogens is 2. The molecule has 94 valence electrons. The van der Waals surface area contributed by atoms with Crippen LogP contribution in [-0.2, 0) is 6.42 Å². The highest BCUT2D eigenvalue weighted by Crippen LogP contribution is 2.31. The van der Waals surface area contributed by atoms with Crippen LogP contribution < -0.4 is 5.73 Å². The van der Waals surface area contributed by atoms with Crippen molar-refractivity contribution in [1.29, 1.82) is 0 Å². The van der Waals surface area contributed by atoms with Gasteiger partial charge in [0.2, 0.25) is 0 Å². The van der Waals surface area contributed by atoms with Crippen molar-refractivity contribution in [2.24, 2.45) is 5.73 Å². The van der Waals surface area contributed by atoms with Crippen molar-refractivity contribution in [2.75, 3.05) is 0 Å². The monoisotopic (exact) mass is 264 g/mol. The summed E-state index contributed by atoms with van der Waals surface area (Å²) in [7, 11) is 0. The van der Waals surface area contributed by atoms with Crippen LogP contribution in [-0.4, -0.2) is 4.57 Å². The molecule has 1 aromatic carbocycles. The molecule has 0 amide bonds. The number of nitrogens with zero attached hydrogens (tertiary/aromatic N) is 1. The van der Waals surface area contributed by atoms with Gasteiger partial charge in [0.05, 0.1) is 5.02 Å². The summed E-state index contributed by atoms with van der Waals surface area (Å²) in [5.41, 5.74) is 9.39. The van der Waals surface area contributed by atoms with Gasteiger partial charge in [-0.1, -0.05) is 11.6 Å². The molecule has 2 N–H and O–H groups in total. The highest BCUT2D eigenvalue weighted by Gasteiger charge is 2.20. The maximum Gasteiger partial charge on any atom is 0.141 e. The fourth-order valence-electron chi connectivity index (χ4n) is 2.60. The number of hydrogen-bond acceptors (Lipinski definition) is 1. The number of hydrogen-bond donors (Lipinski definition) is 1. The summed E-state index contributed by atoms with van der Waals surface area (Å²) in [5.74, 6) is -0.391. The summed E-state index contributed by atoms with van der Waals surface area (Å²) in [6.45, 7) is 0. The van der Waals surface area contributed by atoms with Gasteiger partial charge < -0.3 is 10.3 Å². The van der Waals surface area contributed by atoms with Crippen LogP contribution in [0.3, 0.4) is 0 Å². The Labute approximate surface area is 110 Å². The second-order valence-electron chi connectivity index (χ2n) is 4.68. The third kappa shape index (κ3) is 1.84. The molecule has 2 nitrogen and oxygen atoms in total. The first kappa shape index (κ1) is 11.8. The van der Waals surface area contributed by atoms with Crippen molar-refractivity contribution < 1.29 is 4.39 Å². The molecule has 1 aromatic heterocycles. The van der Waals surface area contributed by atoms with E-state index in [1.54, 1.807) is 12.1 Å². The Hall–Kier alpha value is -1.32. The lowest BCUT2D eigenvalue weighted by Gasteiger charge is -2.21. The lowest BCUT2D eigenvalue weighted by molar-refractivity contribution is 0.560. The van der Waals surface area contributed by atoms with Crippen LogP contribution in [0.2, 0.25) is 5.02 Å². The third-order valence-corrected chi connectivity index (χ3v) is 3.83. The normalized spacial score (nSPS) is 18.7. The lowest BCUT2D eigenvalue weighted by Crippen LogP contribution is -2.17. The van der Waals surface area contributed by atoms with Crippen LogP contribution in [0.15, 0.2) is 30.5 Å². The first-order valence-corrected chi connectivity index (χ1v) is 6.46. The molecule has 4 heteroatoms. The van der Waals surface area contributed by atoms with Crippen LogP contribution >= 0.6 is 11.6 Å². The first-order chi connectivity index (χ1) is 8.66. The molecule has 18 heavy (non-hydrogen) atoms. The molecule has 2 aromatic rings. The summed E-state index contributed by atoms with van der Waals surface area (Å²) >= 11 is 5.83. The van der Waals surface area contributed by atoms with Crippen molar-refractivity contribution in [3.05, 3.63) is 52.6 Å². The van der Waals surface area contributed by atoms with Crippen molar-refractivity contribution in [2.45, 2.75) is 25.3 Å². The predicted octanol–water partition coefficient (Wildman–Crippen LogP) is 3.61. The van der Waals surface area contributed by atoms with Gasteiger partial charge in [-0.3, -0.25) is 0 Å². The minimum atomic E-state index is -0.391. The van der Waals surface area contributed by atoms with Gasteiger partial charge in [-0.05, 0) is 49.1 Å². The number of benzene rings is 1. The Morgan fingerprint density at radius 1 is 1.33 bits per heavy atom. The molecule has 0 radical (unpaired) electrons. The Bertz CT molecular complexity index is 591. The average Bonchev–Trinajstić information content (AvgIpc) is 2.78. The molecular formula is C14H14ClFN2. The second kappa shape index (κ2) is 4.41. The van der Waals surface area contributed by atoms with Crippen molar-refractivity contribution in [3.8, 4) is 5.69 Å². The van der Waals surface area contributed by atoms with Crippen LogP contribution in [0.25, 0.3) is 5.69 Å². The molecule has 0 saturated carbocycles. The van der Waals surface area contributed by atoms with Gasteiger partial charge in [0.1, 0.15) is 5.82 Å². The summed E-state index contributed by atoms with van der Waals surface area (Å²) in [6.07, 6.45) is 5.11. The molecule has 1 unspecified atom stereocenters. The minimum absolute atomic E-state index is 0.117. The summed E-state index contributed by atoms with van der Waals surface area (Å²) in [5, 5.41) is 0.148.